The van der Waals surface area contributed by atoms with Gasteiger partial charge in [-0.1, -0.05) is 0 Å². The number of benzene rings is 1. The van der Waals surface area contributed by atoms with Crippen LogP contribution >= 0.6 is 0 Å². The van der Waals surface area contributed by atoms with Crippen molar-refractivity contribution in [3.63, 3.8) is 0 Å². The lowest BCUT2D eigenvalue weighted by Gasteiger charge is -2.22. The molecule has 0 saturated heterocycles. The average molecular weight is 251 g/mol. The predicted octanol–water partition coefficient (Wildman–Crippen LogP) is 1.35. The fourth-order valence-electron chi connectivity index (χ4n) is 1.78. The SMILES string of the molecule is CN(C)CCCN(C)c1ccc(C(=O)O)cc1N. The van der Waals surface area contributed by atoms with E-state index in [1.54, 1.807) is 12.1 Å². The topological polar surface area (TPSA) is 69.8 Å². The summed E-state index contributed by atoms with van der Waals surface area (Å²) in [6, 6.07) is 4.84. The first-order valence-corrected chi connectivity index (χ1v) is 5.90. The molecular formula is C13H21N3O2. The molecule has 100 valence electrons. The van der Waals surface area contributed by atoms with Crippen LogP contribution in [0.4, 0.5) is 11.4 Å². The molecule has 5 nitrogen and oxygen atoms in total. The number of nitrogens with zero attached hydrogens (tertiary/aromatic N) is 2. The first-order valence-electron chi connectivity index (χ1n) is 5.90. The molecule has 0 bridgehead atoms. The van der Waals surface area contributed by atoms with Crippen LogP contribution in [0.2, 0.25) is 0 Å². The second kappa shape index (κ2) is 6.26. The van der Waals surface area contributed by atoms with E-state index >= 15 is 0 Å². The minimum atomic E-state index is -0.955. The zero-order valence-corrected chi connectivity index (χ0v) is 11.2. The lowest BCUT2D eigenvalue weighted by Crippen LogP contribution is -2.24. The standard InChI is InChI=1S/C13H21N3O2/c1-15(2)7-4-8-16(3)12-6-5-10(13(17)18)9-11(12)14/h5-6,9H,4,7-8,14H2,1-3H3,(H,17,18). The maximum Gasteiger partial charge on any atom is 0.335 e. The number of nitrogens with two attached hydrogens (primary N) is 1. The molecule has 0 aromatic heterocycles. The van der Waals surface area contributed by atoms with Crippen LogP contribution in [0.1, 0.15) is 16.8 Å². The van der Waals surface area contributed by atoms with Crippen molar-refractivity contribution in [3.8, 4) is 0 Å². The van der Waals surface area contributed by atoms with Gasteiger partial charge in [-0.05, 0) is 45.3 Å². The van der Waals surface area contributed by atoms with Crippen LogP contribution in [-0.4, -0.2) is 50.2 Å². The van der Waals surface area contributed by atoms with Gasteiger partial charge in [-0.25, -0.2) is 4.79 Å². The minimum absolute atomic E-state index is 0.220. The Balaban J connectivity index is 2.68. The van der Waals surface area contributed by atoms with Crippen LogP contribution in [0.5, 0.6) is 0 Å². The van der Waals surface area contributed by atoms with Gasteiger partial charge in [0.2, 0.25) is 0 Å². The monoisotopic (exact) mass is 251 g/mol. The Labute approximate surface area is 108 Å². The molecule has 1 rings (SSSR count). The number of hydrogen-bond donors (Lipinski definition) is 2. The molecule has 0 aliphatic rings. The van der Waals surface area contributed by atoms with Gasteiger partial charge in [0.15, 0.2) is 0 Å². The lowest BCUT2D eigenvalue weighted by atomic mass is 10.1. The number of nitrogen functional groups attached to an aromatic ring is 1. The fraction of sp³-hybridized carbons (Fsp3) is 0.462. The second-order valence-corrected chi connectivity index (χ2v) is 4.66. The van der Waals surface area contributed by atoms with Gasteiger partial charge in [-0.15, -0.1) is 0 Å². The zero-order chi connectivity index (χ0) is 13.7. The van der Waals surface area contributed by atoms with Crippen molar-refractivity contribution in [2.24, 2.45) is 0 Å². The number of rotatable bonds is 6. The third kappa shape index (κ3) is 3.92. The van der Waals surface area contributed by atoms with E-state index < -0.39 is 5.97 Å². The van der Waals surface area contributed by atoms with Crippen LogP contribution in [0, 0.1) is 0 Å². The van der Waals surface area contributed by atoms with E-state index in [1.807, 2.05) is 26.0 Å². The second-order valence-electron chi connectivity index (χ2n) is 4.66. The van der Waals surface area contributed by atoms with Crippen LogP contribution in [0.3, 0.4) is 0 Å². The van der Waals surface area contributed by atoms with Gasteiger partial charge in [-0.2, -0.15) is 0 Å². The van der Waals surface area contributed by atoms with Crippen molar-refractivity contribution in [2.45, 2.75) is 6.42 Å². The molecule has 0 aliphatic heterocycles. The molecule has 0 spiro atoms. The number of aromatic carboxylic acids is 1. The molecule has 0 unspecified atom stereocenters. The van der Waals surface area contributed by atoms with Gasteiger partial charge in [0, 0.05) is 13.6 Å². The fourth-order valence-corrected chi connectivity index (χ4v) is 1.78. The molecule has 3 N–H and O–H groups in total. The third-order valence-corrected chi connectivity index (χ3v) is 2.78. The van der Waals surface area contributed by atoms with Gasteiger partial charge >= 0.3 is 5.97 Å². The number of carboxylic acids is 1. The average Bonchev–Trinajstić information content (AvgIpc) is 2.27. The van der Waals surface area contributed by atoms with E-state index in [-0.39, 0.29) is 5.56 Å². The first-order chi connectivity index (χ1) is 8.41. The van der Waals surface area contributed by atoms with Crippen molar-refractivity contribution in [1.29, 1.82) is 0 Å². The molecule has 0 radical (unpaired) electrons. The molecule has 0 aliphatic carbocycles. The largest absolute Gasteiger partial charge is 0.478 e. The van der Waals surface area contributed by atoms with Gasteiger partial charge in [0.05, 0.1) is 16.9 Å². The zero-order valence-electron chi connectivity index (χ0n) is 11.2. The van der Waals surface area contributed by atoms with E-state index in [0.29, 0.717) is 5.69 Å². The Bertz CT molecular complexity index is 419. The first kappa shape index (κ1) is 14.3. The van der Waals surface area contributed by atoms with E-state index in [0.717, 1.165) is 25.2 Å². The quantitative estimate of drug-likeness (QED) is 0.747. The smallest absolute Gasteiger partial charge is 0.335 e. The Morgan fingerprint density at radius 1 is 1.28 bits per heavy atom. The van der Waals surface area contributed by atoms with Crippen molar-refractivity contribution < 1.29 is 9.90 Å². The maximum atomic E-state index is 10.8. The van der Waals surface area contributed by atoms with Gasteiger partial charge < -0.3 is 20.6 Å². The van der Waals surface area contributed by atoms with Crippen LogP contribution in [0.15, 0.2) is 18.2 Å². The molecule has 18 heavy (non-hydrogen) atoms. The van der Waals surface area contributed by atoms with Crippen molar-refractivity contribution in [3.05, 3.63) is 23.8 Å². The third-order valence-electron chi connectivity index (χ3n) is 2.78. The molecule has 0 heterocycles. The summed E-state index contributed by atoms with van der Waals surface area (Å²) in [4.78, 5) is 15.0. The van der Waals surface area contributed by atoms with Crippen molar-refractivity contribution in [2.75, 3.05) is 44.9 Å². The molecule has 1 aromatic carbocycles. The Morgan fingerprint density at radius 2 is 1.94 bits per heavy atom. The predicted molar refractivity (Wildman–Crippen MR) is 74.3 cm³/mol. The number of hydrogen-bond acceptors (Lipinski definition) is 4. The minimum Gasteiger partial charge on any atom is -0.478 e. The molecule has 0 amide bonds. The molecule has 0 fully saturated rings. The van der Waals surface area contributed by atoms with Crippen molar-refractivity contribution >= 4 is 17.3 Å². The van der Waals surface area contributed by atoms with Crippen molar-refractivity contribution in [1.82, 2.24) is 4.90 Å². The number of carboxylic acid groups (broad SMARTS) is 1. The van der Waals surface area contributed by atoms with E-state index in [1.165, 1.54) is 6.07 Å². The molecule has 0 atom stereocenters. The molecule has 5 heteroatoms. The number of carbonyl (C=O) groups is 1. The molecular weight excluding hydrogens is 230 g/mol. The van der Waals surface area contributed by atoms with E-state index in [4.69, 9.17) is 10.8 Å². The lowest BCUT2D eigenvalue weighted by molar-refractivity contribution is 0.0697. The summed E-state index contributed by atoms with van der Waals surface area (Å²) in [5.74, 6) is -0.955. The Morgan fingerprint density at radius 3 is 2.44 bits per heavy atom. The molecule has 0 saturated carbocycles. The summed E-state index contributed by atoms with van der Waals surface area (Å²) >= 11 is 0. The van der Waals surface area contributed by atoms with Gasteiger partial charge in [0.1, 0.15) is 0 Å². The molecule has 1 aromatic rings. The Hall–Kier alpha value is -1.75. The summed E-state index contributed by atoms with van der Waals surface area (Å²) in [6.07, 6.45) is 1.03. The van der Waals surface area contributed by atoms with Gasteiger partial charge in [-0.3, -0.25) is 0 Å². The summed E-state index contributed by atoms with van der Waals surface area (Å²) in [7, 11) is 6.04. The van der Waals surface area contributed by atoms with E-state index in [2.05, 4.69) is 4.90 Å². The van der Waals surface area contributed by atoms with Crippen LogP contribution in [0.25, 0.3) is 0 Å². The summed E-state index contributed by atoms with van der Waals surface area (Å²) in [6.45, 7) is 1.90. The van der Waals surface area contributed by atoms with Crippen LogP contribution in [-0.2, 0) is 0 Å². The normalized spacial score (nSPS) is 10.7. The Kier molecular flexibility index (Phi) is 4.97. The highest BCUT2D eigenvalue weighted by molar-refractivity contribution is 5.90. The highest BCUT2D eigenvalue weighted by atomic mass is 16.4. The summed E-state index contributed by atoms with van der Waals surface area (Å²) < 4.78 is 0. The summed E-state index contributed by atoms with van der Waals surface area (Å²) in [5, 5.41) is 8.87. The van der Waals surface area contributed by atoms with Gasteiger partial charge in [0.25, 0.3) is 0 Å². The summed E-state index contributed by atoms with van der Waals surface area (Å²) in [5.41, 5.74) is 7.47. The highest BCUT2D eigenvalue weighted by Crippen LogP contribution is 2.23. The van der Waals surface area contributed by atoms with E-state index in [9.17, 15) is 4.79 Å². The maximum absolute atomic E-state index is 10.8. The van der Waals surface area contributed by atoms with Crippen LogP contribution < -0.4 is 10.6 Å². The highest BCUT2D eigenvalue weighted by Gasteiger charge is 2.09. The number of anilines is 2.